The molecule has 0 bridgehead atoms. The van der Waals surface area contributed by atoms with Gasteiger partial charge < -0.3 is 19.5 Å². The molecule has 1 atom stereocenters. The Balaban J connectivity index is 1.47. The van der Waals surface area contributed by atoms with Gasteiger partial charge in [0.05, 0.1) is 12.8 Å². The minimum absolute atomic E-state index is 0.103. The zero-order chi connectivity index (χ0) is 23.2. The molecule has 1 N–H and O–H groups in total. The lowest BCUT2D eigenvalue weighted by atomic mass is 10.1. The number of methoxy groups -OCH3 is 1. The first-order chi connectivity index (χ1) is 16.0. The van der Waals surface area contributed by atoms with Crippen LogP contribution in [0.25, 0.3) is 16.9 Å². The molecule has 0 saturated carbocycles. The molecule has 1 aromatic heterocycles. The molecule has 0 spiro atoms. The third kappa shape index (κ3) is 5.79. The molecular formula is C27H32ClN3O2. The van der Waals surface area contributed by atoms with Gasteiger partial charge in [0.2, 0.25) is 5.91 Å². The quantitative estimate of drug-likeness (QED) is 0.464. The second kappa shape index (κ2) is 10.9. The lowest BCUT2D eigenvalue weighted by molar-refractivity contribution is -0.121. The Hall–Kier alpha value is -2.76. The van der Waals surface area contributed by atoms with E-state index in [1.165, 1.54) is 12.8 Å². The number of likely N-dealkylation sites (tertiary alicyclic amines) is 1. The van der Waals surface area contributed by atoms with Gasteiger partial charge in [-0.1, -0.05) is 23.7 Å². The van der Waals surface area contributed by atoms with Gasteiger partial charge in [-0.3, -0.25) is 4.79 Å². The van der Waals surface area contributed by atoms with Gasteiger partial charge in [0, 0.05) is 35.4 Å². The highest BCUT2D eigenvalue weighted by Crippen LogP contribution is 2.29. The van der Waals surface area contributed by atoms with Crippen LogP contribution in [0.2, 0.25) is 5.02 Å². The van der Waals surface area contributed by atoms with E-state index >= 15 is 0 Å². The van der Waals surface area contributed by atoms with Crippen molar-refractivity contribution in [1.82, 2.24) is 14.8 Å². The Morgan fingerprint density at radius 3 is 2.52 bits per heavy atom. The molecule has 174 valence electrons. The molecule has 4 rings (SSSR count). The van der Waals surface area contributed by atoms with Gasteiger partial charge in [-0.15, -0.1) is 0 Å². The number of carbonyl (C=O) groups excluding carboxylic acids is 1. The summed E-state index contributed by atoms with van der Waals surface area (Å²) in [6.45, 7) is 1.90. The number of amides is 1. The fourth-order valence-electron chi connectivity index (χ4n) is 4.61. The Bertz CT molecular complexity index is 1060. The largest absolute Gasteiger partial charge is 0.497 e. The van der Waals surface area contributed by atoms with E-state index in [-0.39, 0.29) is 5.91 Å². The van der Waals surface area contributed by atoms with Crippen molar-refractivity contribution in [3.05, 3.63) is 71.4 Å². The van der Waals surface area contributed by atoms with Gasteiger partial charge >= 0.3 is 0 Å². The summed E-state index contributed by atoms with van der Waals surface area (Å²) < 4.78 is 7.54. The van der Waals surface area contributed by atoms with Crippen molar-refractivity contribution in [2.75, 3.05) is 27.2 Å². The van der Waals surface area contributed by atoms with Gasteiger partial charge in [-0.25, -0.2) is 0 Å². The maximum absolute atomic E-state index is 12.6. The van der Waals surface area contributed by atoms with Crippen molar-refractivity contribution >= 4 is 17.5 Å². The van der Waals surface area contributed by atoms with Gasteiger partial charge in [0.15, 0.2) is 0 Å². The molecule has 6 heteroatoms. The number of aromatic nitrogens is 1. The molecular weight excluding hydrogens is 434 g/mol. The number of nitrogens with zero attached hydrogens (tertiary/aromatic N) is 2. The van der Waals surface area contributed by atoms with Crippen LogP contribution >= 0.6 is 11.6 Å². The van der Waals surface area contributed by atoms with Crippen LogP contribution in [0.4, 0.5) is 0 Å². The Labute approximate surface area is 201 Å². The van der Waals surface area contributed by atoms with Gasteiger partial charge in [0.1, 0.15) is 5.75 Å². The number of carbonyl (C=O) groups is 1. The minimum Gasteiger partial charge on any atom is -0.497 e. The van der Waals surface area contributed by atoms with Crippen LogP contribution in [0.15, 0.2) is 60.7 Å². The van der Waals surface area contributed by atoms with Crippen LogP contribution in [0.5, 0.6) is 5.75 Å². The predicted octanol–water partition coefficient (Wildman–Crippen LogP) is 5.34. The first-order valence-corrected chi connectivity index (χ1v) is 12.0. The van der Waals surface area contributed by atoms with Crippen molar-refractivity contribution in [2.24, 2.45) is 0 Å². The first-order valence-electron chi connectivity index (χ1n) is 11.6. The van der Waals surface area contributed by atoms with Crippen molar-refractivity contribution in [1.29, 1.82) is 0 Å². The van der Waals surface area contributed by atoms with Crippen LogP contribution in [0, 0.1) is 0 Å². The lowest BCUT2D eigenvalue weighted by Crippen LogP contribution is -2.31. The number of halogens is 1. The number of nitrogens with one attached hydrogen (secondary N) is 1. The smallest absolute Gasteiger partial charge is 0.220 e. The van der Waals surface area contributed by atoms with Crippen LogP contribution in [-0.4, -0.2) is 48.7 Å². The standard InChI is InChI=1S/C27H32ClN3O2/c1-30-19-3-4-22(30)17-18-29-27(32)16-12-24-11-15-26(20-5-7-21(28)8-6-20)31(24)23-9-13-25(33-2)14-10-23/h5-11,13-15,22H,3-4,12,16-19H2,1-2H3,(H,29,32). The molecule has 2 aromatic carbocycles. The fourth-order valence-corrected chi connectivity index (χ4v) is 4.73. The average Bonchev–Trinajstić information content (AvgIpc) is 3.44. The van der Waals surface area contributed by atoms with Crippen molar-refractivity contribution in [2.45, 2.75) is 38.1 Å². The summed E-state index contributed by atoms with van der Waals surface area (Å²) in [4.78, 5) is 14.9. The highest BCUT2D eigenvalue weighted by molar-refractivity contribution is 6.30. The van der Waals surface area contributed by atoms with Crippen molar-refractivity contribution < 1.29 is 9.53 Å². The molecule has 1 fully saturated rings. The summed E-state index contributed by atoms with van der Waals surface area (Å²) in [5.74, 6) is 0.916. The van der Waals surface area contributed by atoms with Crippen LogP contribution in [0.3, 0.4) is 0 Å². The predicted molar refractivity (Wildman–Crippen MR) is 134 cm³/mol. The van der Waals surface area contributed by atoms with Gasteiger partial charge in [-0.05, 0) is 93.4 Å². The van der Waals surface area contributed by atoms with Crippen LogP contribution < -0.4 is 10.1 Å². The second-order valence-electron chi connectivity index (χ2n) is 8.67. The summed E-state index contributed by atoms with van der Waals surface area (Å²) in [7, 11) is 3.84. The molecule has 1 saturated heterocycles. The van der Waals surface area contributed by atoms with Gasteiger partial charge in [0.25, 0.3) is 0 Å². The van der Waals surface area contributed by atoms with E-state index in [4.69, 9.17) is 16.3 Å². The lowest BCUT2D eigenvalue weighted by Gasteiger charge is -2.19. The Morgan fingerprint density at radius 2 is 1.85 bits per heavy atom. The SMILES string of the molecule is COc1ccc(-n2c(CCC(=O)NCCC3CCCN3C)ccc2-c2ccc(Cl)cc2)cc1. The van der Waals surface area contributed by atoms with E-state index in [0.29, 0.717) is 23.9 Å². The van der Waals surface area contributed by atoms with E-state index in [2.05, 4.69) is 34.0 Å². The first kappa shape index (κ1) is 23.4. The molecule has 1 aliphatic heterocycles. The third-order valence-corrected chi connectivity index (χ3v) is 6.76. The molecule has 0 aliphatic carbocycles. The molecule has 2 heterocycles. The van der Waals surface area contributed by atoms with Crippen LogP contribution in [-0.2, 0) is 11.2 Å². The average molecular weight is 466 g/mol. The van der Waals surface area contributed by atoms with Gasteiger partial charge in [-0.2, -0.15) is 0 Å². The summed E-state index contributed by atoms with van der Waals surface area (Å²) in [6, 6.07) is 20.6. The number of hydrogen-bond acceptors (Lipinski definition) is 3. The highest BCUT2D eigenvalue weighted by Gasteiger charge is 2.20. The topological polar surface area (TPSA) is 46.5 Å². The zero-order valence-electron chi connectivity index (χ0n) is 19.4. The van der Waals surface area contributed by atoms with E-state index in [9.17, 15) is 4.79 Å². The number of hydrogen-bond donors (Lipinski definition) is 1. The van der Waals surface area contributed by atoms with E-state index in [1.54, 1.807) is 7.11 Å². The zero-order valence-corrected chi connectivity index (χ0v) is 20.1. The number of aryl methyl sites for hydroxylation is 1. The normalized spacial score (nSPS) is 16.2. The number of ether oxygens (including phenoxy) is 1. The maximum atomic E-state index is 12.6. The molecule has 1 unspecified atom stereocenters. The monoisotopic (exact) mass is 465 g/mol. The third-order valence-electron chi connectivity index (χ3n) is 6.51. The highest BCUT2D eigenvalue weighted by atomic mass is 35.5. The molecule has 1 amide bonds. The van der Waals surface area contributed by atoms with Crippen molar-refractivity contribution in [3.63, 3.8) is 0 Å². The Morgan fingerprint density at radius 1 is 1.09 bits per heavy atom. The Kier molecular flexibility index (Phi) is 7.73. The fraction of sp³-hybridized carbons (Fsp3) is 0.370. The van der Waals surface area contributed by atoms with E-state index < -0.39 is 0 Å². The summed E-state index contributed by atoms with van der Waals surface area (Å²) in [5, 5.41) is 3.82. The number of benzene rings is 2. The molecule has 5 nitrogen and oxygen atoms in total. The minimum atomic E-state index is 0.103. The summed E-state index contributed by atoms with van der Waals surface area (Å²) >= 11 is 6.10. The second-order valence-corrected chi connectivity index (χ2v) is 9.10. The molecule has 1 aliphatic rings. The van der Waals surface area contributed by atoms with E-state index in [0.717, 1.165) is 47.9 Å². The molecule has 0 radical (unpaired) electrons. The van der Waals surface area contributed by atoms with Crippen molar-refractivity contribution in [3.8, 4) is 22.7 Å². The molecule has 33 heavy (non-hydrogen) atoms. The maximum Gasteiger partial charge on any atom is 0.220 e. The van der Waals surface area contributed by atoms with Crippen LogP contribution in [0.1, 0.15) is 31.4 Å². The summed E-state index contributed by atoms with van der Waals surface area (Å²) in [6.07, 6.45) is 4.63. The van der Waals surface area contributed by atoms with E-state index in [1.807, 2.05) is 48.5 Å². The number of rotatable bonds is 9. The summed E-state index contributed by atoms with van der Waals surface area (Å²) in [5.41, 5.74) is 4.27. The molecule has 3 aromatic rings.